The van der Waals surface area contributed by atoms with Gasteiger partial charge in [0, 0.05) is 32.6 Å². The number of benzene rings is 3. The number of alkyl carbamates (subject to hydrolysis) is 1. The molecule has 9 nitrogen and oxygen atoms in total. The summed E-state index contributed by atoms with van der Waals surface area (Å²) in [5, 5.41) is 8.39. The van der Waals surface area contributed by atoms with E-state index in [0.717, 1.165) is 22.3 Å². The molecule has 3 rings (SSSR count). The van der Waals surface area contributed by atoms with Crippen LogP contribution in [0.4, 0.5) is 4.79 Å². The molecule has 0 fully saturated rings. The van der Waals surface area contributed by atoms with Crippen LogP contribution >= 0.6 is 0 Å². The number of hydrogen-bond donors (Lipinski definition) is 3. The van der Waals surface area contributed by atoms with Crippen molar-refractivity contribution < 1.29 is 23.9 Å². The predicted molar refractivity (Wildman–Crippen MR) is 190 cm³/mol. The Kier molecular flexibility index (Phi) is 13.5. The second kappa shape index (κ2) is 17.3. The number of nitrogens with zero attached hydrogens (tertiary/aromatic N) is 1. The van der Waals surface area contributed by atoms with E-state index >= 15 is 0 Å². The summed E-state index contributed by atoms with van der Waals surface area (Å²) in [6, 6.07) is 26.9. The van der Waals surface area contributed by atoms with Crippen molar-refractivity contribution in [3.05, 3.63) is 108 Å². The maximum atomic E-state index is 14.1. The molecule has 0 saturated heterocycles. The van der Waals surface area contributed by atoms with Crippen molar-refractivity contribution in [1.29, 1.82) is 0 Å². The number of nitrogens with one attached hydrogen (secondary N) is 3. The van der Waals surface area contributed by atoms with E-state index in [1.54, 1.807) is 40.9 Å². The van der Waals surface area contributed by atoms with Gasteiger partial charge in [-0.1, -0.05) is 91.0 Å². The van der Waals surface area contributed by atoms with Gasteiger partial charge in [0.25, 0.3) is 0 Å². The second-order valence-electron chi connectivity index (χ2n) is 13.6. The van der Waals surface area contributed by atoms with Crippen LogP contribution in [0.15, 0.2) is 97.1 Å². The highest BCUT2D eigenvalue weighted by Gasteiger charge is 2.31. The third-order valence-corrected chi connectivity index (χ3v) is 7.79. The first kappa shape index (κ1) is 37.5. The summed E-state index contributed by atoms with van der Waals surface area (Å²) in [5.74, 6) is -1.52. The molecule has 0 aliphatic heterocycles. The van der Waals surface area contributed by atoms with Gasteiger partial charge in [-0.05, 0) is 75.8 Å². The van der Waals surface area contributed by atoms with Gasteiger partial charge in [0.1, 0.15) is 11.6 Å². The Labute approximate surface area is 285 Å². The lowest BCUT2D eigenvalue weighted by molar-refractivity contribution is -0.141. The molecule has 48 heavy (non-hydrogen) atoms. The van der Waals surface area contributed by atoms with Gasteiger partial charge in [0.2, 0.25) is 17.7 Å². The summed E-state index contributed by atoms with van der Waals surface area (Å²) in [7, 11) is 3.19. The van der Waals surface area contributed by atoms with Gasteiger partial charge in [-0.2, -0.15) is 0 Å². The van der Waals surface area contributed by atoms with Crippen molar-refractivity contribution in [2.24, 2.45) is 5.92 Å². The Balaban J connectivity index is 1.75. The zero-order chi connectivity index (χ0) is 35.3. The number of ether oxygens (including phenoxy) is 1. The first-order chi connectivity index (χ1) is 22.7. The number of carbonyl (C=O) groups is 4. The lowest BCUT2D eigenvalue weighted by Gasteiger charge is -2.30. The SMILES string of the molecule is CNC(=O)[C@@H](Cc1ccccc1)N(C)C(=O)[C@@H](CNC(=O)C=CCC(C)(C)NC(=O)OC(C)(C)C)Cc1ccc(-c2ccccc2)cc1. The lowest BCUT2D eigenvalue weighted by Crippen LogP contribution is -2.51. The molecular formula is C39H50N4O5. The van der Waals surface area contributed by atoms with Crippen LogP contribution in [0.3, 0.4) is 0 Å². The van der Waals surface area contributed by atoms with Crippen molar-refractivity contribution in [1.82, 2.24) is 20.9 Å². The van der Waals surface area contributed by atoms with E-state index < -0.39 is 29.2 Å². The molecule has 2 atom stereocenters. The summed E-state index contributed by atoms with van der Waals surface area (Å²) < 4.78 is 5.34. The molecule has 3 aromatic rings. The fourth-order valence-corrected chi connectivity index (χ4v) is 5.22. The summed E-state index contributed by atoms with van der Waals surface area (Å²) >= 11 is 0. The van der Waals surface area contributed by atoms with E-state index in [1.807, 2.05) is 98.8 Å². The van der Waals surface area contributed by atoms with Crippen molar-refractivity contribution in [2.75, 3.05) is 20.6 Å². The molecule has 0 aliphatic carbocycles. The van der Waals surface area contributed by atoms with Gasteiger partial charge in [-0.15, -0.1) is 0 Å². The van der Waals surface area contributed by atoms with Crippen LogP contribution in [0.1, 0.15) is 52.2 Å². The normalized spacial score (nSPS) is 12.9. The van der Waals surface area contributed by atoms with Crippen LogP contribution in [0.5, 0.6) is 0 Å². The van der Waals surface area contributed by atoms with Gasteiger partial charge >= 0.3 is 6.09 Å². The van der Waals surface area contributed by atoms with Crippen LogP contribution in [-0.4, -0.2) is 66.5 Å². The number of likely N-dealkylation sites (N-methyl/N-ethyl adjacent to an activating group) is 2. The molecule has 4 amide bonds. The topological polar surface area (TPSA) is 117 Å². The van der Waals surface area contributed by atoms with Crippen molar-refractivity contribution in [3.8, 4) is 11.1 Å². The molecule has 0 saturated carbocycles. The maximum absolute atomic E-state index is 14.1. The quantitative estimate of drug-likeness (QED) is 0.193. The molecule has 0 unspecified atom stereocenters. The first-order valence-corrected chi connectivity index (χ1v) is 16.3. The Hall–Kier alpha value is -4.92. The number of carbonyl (C=O) groups excluding carboxylic acids is 4. The molecule has 3 N–H and O–H groups in total. The average Bonchev–Trinajstić information content (AvgIpc) is 3.04. The molecule has 9 heteroatoms. The Bertz CT molecular complexity index is 1530. The first-order valence-electron chi connectivity index (χ1n) is 16.3. The lowest BCUT2D eigenvalue weighted by atomic mass is 9.94. The number of rotatable bonds is 14. The zero-order valence-corrected chi connectivity index (χ0v) is 29.2. The van der Waals surface area contributed by atoms with Crippen molar-refractivity contribution >= 4 is 23.8 Å². The Morgan fingerprint density at radius 1 is 0.792 bits per heavy atom. The fourth-order valence-electron chi connectivity index (χ4n) is 5.22. The summed E-state index contributed by atoms with van der Waals surface area (Å²) in [6.45, 7) is 9.12. The predicted octanol–water partition coefficient (Wildman–Crippen LogP) is 5.69. The van der Waals surface area contributed by atoms with Gasteiger partial charge in [0.05, 0.1) is 5.92 Å². The van der Waals surface area contributed by atoms with Crippen LogP contribution < -0.4 is 16.0 Å². The highest BCUT2D eigenvalue weighted by atomic mass is 16.6. The molecule has 0 aliphatic rings. The van der Waals surface area contributed by atoms with E-state index in [1.165, 1.54) is 11.0 Å². The van der Waals surface area contributed by atoms with Crippen LogP contribution in [-0.2, 0) is 32.0 Å². The third-order valence-electron chi connectivity index (χ3n) is 7.79. The van der Waals surface area contributed by atoms with Gasteiger partial charge < -0.3 is 25.6 Å². The third kappa shape index (κ3) is 12.4. The zero-order valence-electron chi connectivity index (χ0n) is 29.2. The highest BCUT2D eigenvalue weighted by molar-refractivity contribution is 5.90. The highest BCUT2D eigenvalue weighted by Crippen LogP contribution is 2.22. The molecule has 0 bridgehead atoms. The Morgan fingerprint density at radius 3 is 1.94 bits per heavy atom. The molecule has 3 aromatic carbocycles. The van der Waals surface area contributed by atoms with E-state index in [0.29, 0.717) is 19.3 Å². The monoisotopic (exact) mass is 654 g/mol. The summed E-state index contributed by atoms with van der Waals surface area (Å²) in [5.41, 5.74) is 2.74. The number of amides is 4. The average molecular weight is 655 g/mol. The summed E-state index contributed by atoms with van der Waals surface area (Å²) in [6.07, 6.45) is 3.64. The minimum atomic E-state index is -0.733. The van der Waals surface area contributed by atoms with Crippen LogP contribution in [0.2, 0.25) is 0 Å². The smallest absolute Gasteiger partial charge is 0.408 e. The largest absolute Gasteiger partial charge is 0.444 e. The molecule has 0 radical (unpaired) electrons. The second-order valence-corrected chi connectivity index (χ2v) is 13.6. The minimum absolute atomic E-state index is 0.0676. The van der Waals surface area contributed by atoms with E-state index in [4.69, 9.17) is 4.74 Å². The number of hydrogen-bond acceptors (Lipinski definition) is 5. The van der Waals surface area contributed by atoms with Crippen LogP contribution in [0.25, 0.3) is 11.1 Å². The molecule has 0 spiro atoms. The standard InChI is InChI=1S/C39H50N4O5/c1-38(2,3)48-37(47)42-39(4,5)24-14-19-34(44)41-27-32(25-29-20-22-31(23-21-29)30-17-12-9-13-18-30)36(46)43(7)33(35(45)40-6)26-28-15-10-8-11-16-28/h8-23,32-33H,24-27H2,1-7H3,(H,40,45)(H,41,44)(H,42,47)/t32-,33-/m1/s1. The van der Waals surface area contributed by atoms with Crippen LogP contribution in [0, 0.1) is 5.92 Å². The van der Waals surface area contributed by atoms with E-state index in [9.17, 15) is 19.2 Å². The summed E-state index contributed by atoms with van der Waals surface area (Å²) in [4.78, 5) is 53.7. The maximum Gasteiger partial charge on any atom is 0.408 e. The van der Waals surface area contributed by atoms with E-state index in [2.05, 4.69) is 16.0 Å². The minimum Gasteiger partial charge on any atom is -0.444 e. The molecule has 0 heterocycles. The molecular weight excluding hydrogens is 604 g/mol. The van der Waals surface area contributed by atoms with Gasteiger partial charge in [-0.25, -0.2) is 4.79 Å². The van der Waals surface area contributed by atoms with Crippen molar-refractivity contribution in [3.63, 3.8) is 0 Å². The van der Waals surface area contributed by atoms with E-state index in [-0.39, 0.29) is 24.3 Å². The van der Waals surface area contributed by atoms with Gasteiger partial charge in [0.15, 0.2) is 0 Å². The fraction of sp³-hybridized carbons (Fsp3) is 0.385. The van der Waals surface area contributed by atoms with Gasteiger partial charge in [-0.3, -0.25) is 14.4 Å². The molecule has 0 aromatic heterocycles. The Morgan fingerprint density at radius 2 is 1.35 bits per heavy atom. The molecule has 256 valence electrons. The van der Waals surface area contributed by atoms with Crippen molar-refractivity contribution in [2.45, 2.75) is 71.1 Å².